The predicted molar refractivity (Wildman–Crippen MR) is 127 cm³/mol. The Morgan fingerprint density at radius 2 is 1.83 bits per heavy atom. The second-order valence-electron chi connectivity index (χ2n) is 8.49. The zero-order valence-corrected chi connectivity index (χ0v) is 19.0. The summed E-state index contributed by atoms with van der Waals surface area (Å²) in [5.74, 6) is -0.432. The number of alkyl halides is 3. The summed E-state index contributed by atoms with van der Waals surface area (Å²) in [5.41, 5.74) is -3.79. The van der Waals surface area contributed by atoms with Crippen molar-refractivity contribution in [3.05, 3.63) is 107 Å². The third-order valence-electron chi connectivity index (χ3n) is 6.29. The van der Waals surface area contributed by atoms with E-state index in [4.69, 9.17) is 0 Å². The Balaban J connectivity index is 1.74. The van der Waals surface area contributed by atoms with Crippen LogP contribution >= 0.6 is 0 Å². The molecule has 3 heterocycles. The average Bonchev–Trinajstić information content (AvgIpc) is 3.43. The summed E-state index contributed by atoms with van der Waals surface area (Å²) in [4.78, 5) is 12.8. The quantitative estimate of drug-likeness (QED) is 0.281. The molecule has 5 rings (SSSR count). The Hall–Kier alpha value is -4.18. The lowest BCUT2D eigenvalue weighted by atomic mass is 9.85. The minimum absolute atomic E-state index is 0.0121. The van der Waals surface area contributed by atoms with Gasteiger partial charge in [0, 0.05) is 42.3 Å². The number of fused-ring (bicyclic) bond motifs is 2. The molecule has 0 spiro atoms. The maximum atomic E-state index is 14.7. The number of nitrogens with zero attached hydrogens (tertiary/aromatic N) is 4. The molecule has 5 aromatic rings. The number of hydrogen-bond acceptors (Lipinski definition) is 3. The fourth-order valence-electron chi connectivity index (χ4n) is 4.49. The van der Waals surface area contributed by atoms with Crippen molar-refractivity contribution in [1.82, 2.24) is 18.9 Å². The molecule has 6 nitrogen and oxygen atoms in total. The number of hydrogen-bond donors (Lipinski definition) is 1. The molecule has 0 saturated heterocycles. The molecule has 0 radical (unpaired) electrons. The minimum Gasteiger partial charge on any atom is -0.372 e. The molecule has 184 valence electrons. The number of halogens is 4. The predicted octanol–water partition coefficient (Wildman–Crippen LogP) is 4.80. The Labute approximate surface area is 201 Å². The highest BCUT2D eigenvalue weighted by Gasteiger charge is 2.57. The topological polar surface area (TPSA) is 65.0 Å². The fraction of sp³-hybridized carbons (Fsp3) is 0.154. The van der Waals surface area contributed by atoms with Crippen LogP contribution in [0.25, 0.3) is 27.5 Å². The van der Waals surface area contributed by atoms with Crippen LogP contribution in [0.3, 0.4) is 0 Å². The first kappa shape index (κ1) is 23.6. The van der Waals surface area contributed by atoms with Gasteiger partial charge in [-0.15, -0.1) is 6.58 Å². The van der Waals surface area contributed by atoms with Crippen LogP contribution in [0.2, 0.25) is 0 Å². The van der Waals surface area contributed by atoms with E-state index in [1.54, 1.807) is 0 Å². The van der Waals surface area contributed by atoms with Gasteiger partial charge in [0.05, 0.1) is 17.4 Å². The molecule has 0 aliphatic carbocycles. The third kappa shape index (κ3) is 3.44. The Morgan fingerprint density at radius 3 is 2.50 bits per heavy atom. The first-order valence-electron chi connectivity index (χ1n) is 10.9. The zero-order valence-electron chi connectivity index (χ0n) is 19.0. The molecule has 0 fully saturated rings. The molecule has 1 unspecified atom stereocenters. The summed E-state index contributed by atoms with van der Waals surface area (Å²) in [5, 5.41) is 16.0. The highest BCUT2D eigenvalue weighted by Crippen LogP contribution is 2.47. The van der Waals surface area contributed by atoms with Gasteiger partial charge in [0.15, 0.2) is 0 Å². The molecular formula is C26H20F4N4O2. The van der Waals surface area contributed by atoms with Crippen LogP contribution in [-0.4, -0.2) is 30.2 Å². The summed E-state index contributed by atoms with van der Waals surface area (Å²) in [6.07, 6.45) is 0.211. The van der Waals surface area contributed by atoms with E-state index in [1.807, 2.05) is 0 Å². The maximum Gasteiger partial charge on any atom is 0.425 e. The SMILES string of the molecule is C=CCn1cc(C(O)(c2ccc3c(cnn3-c3ccc(F)cc3)c2)C(F)(F)F)c2ccn(C)c(=O)c21. The average molecular weight is 496 g/mol. The van der Waals surface area contributed by atoms with Gasteiger partial charge in [0.25, 0.3) is 5.56 Å². The minimum atomic E-state index is -5.12. The molecule has 10 heteroatoms. The number of pyridine rings is 1. The van der Waals surface area contributed by atoms with E-state index in [0.29, 0.717) is 16.6 Å². The summed E-state index contributed by atoms with van der Waals surface area (Å²) in [6, 6.07) is 10.7. The lowest BCUT2D eigenvalue weighted by molar-refractivity contribution is -0.247. The maximum absolute atomic E-state index is 14.7. The molecule has 0 bridgehead atoms. The van der Waals surface area contributed by atoms with E-state index < -0.39 is 34.3 Å². The summed E-state index contributed by atoms with van der Waals surface area (Å²) >= 11 is 0. The van der Waals surface area contributed by atoms with Gasteiger partial charge in [-0.3, -0.25) is 4.79 Å². The summed E-state index contributed by atoms with van der Waals surface area (Å²) in [7, 11) is 1.50. The normalized spacial score (nSPS) is 13.8. The van der Waals surface area contributed by atoms with E-state index in [-0.39, 0.29) is 17.4 Å². The van der Waals surface area contributed by atoms with Gasteiger partial charge in [-0.05, 0) is 48.0 Å². The summed E-state index contributed by atoms with van der Waals surface area (Å²) < 4.78 is 61.4. The van der Waals surface area contributed by atoms with Gasteiger partial charge in [-0.1, -0.05) is 12.1 Å². The Kier molecular flexibility index (Phi) is 5.36. The van der Waals surface area contributed by atoms with Gasteiger partial charge in [0.1, 0.15) is 11.3 Å². The van der Waals surface area contributed by atoms with E-state index in [1.165, 1.54) is 87.9 Å². The van der Waals surface area contributed by atoms with Crippen LogP contribution in [0.15, 0.2) is 84.6 Å². The highest BCUT2D eigenvalue weighted by atomic mass is 19.4. The van der Waals surface area contributed by atoms with E-state index >= 15 is 0 Å². The number of aryl methyl sites for hydroxylation is 1. The zero-order chi connectivity index (χ0) is 25.8. The monoisotopic (exact) mass is 496 g/mol. The van der Waals surface area contributed by atoms with Crippen molar-refractivity contribution in [2.75, 3.05) is 0 Å². The second kappa shape index (κ2) is 8.20. The molecule has 0 amide bonds. The molecule has 0 aliphatic heterocycles. The van der Waals surface area contributed by atoms with Crippen LogP contribution in [0.4, 0.5) is 17.6 Å². The van der Waals surface area contributed by atoms with Crippen molar-refractivity contribution in [2.45, 2.75) is 18.3 Å². The van der Waals surface area contributed by atoms with Gasteiger partial charge >= 0.3 is 6.18 Å². The molecule has 36 heavy (non-hydrogen) atoms. The second-order valence-corrected chi connectivity index (χ2v) is 8.49. The number of rotatable bonds is 5. The largest absolute Gasteiger partial charge is 0.425 e. The molecular weight excluding hydrogens is 476 g/mol. The van der Waals surface area contributed by atoms with E-state index in [2.05, 4.69) is 11.7 Å². The van der Waals surface area contributed by atoms with E-state index in [0.717, 1.165) is 6.20 Å². The molecule has 2 aromatic carbocycles. The van der Waals surface area contributed by atoms with Crippen molar-refractivity contribution in [1.29, 1.82) is 0 Å². The van der Waals surface area contributed by atoms with Crippen LogP contribution in [0, 0.1) is 5.82 Å². The van der Waals surface area contributed by atoms with Crippen molar-refractivity contribution in [3.8, 4) is 5.69 Å². The molecule has 1 atom stereocenters. The first-order valence-corrected chi connectivity index (χ1v) is 10.9. The molecule has 1 N–H and O–H groups in total. The van der Waals surface area contributed by atoms with Crippen molar-refractivity contribution in [3.63, 3.8) is 0 Å². The van der Waals surface area contributed by atoms with Crippen LogP contribution in [0.1, 0.15) is 11.1 Å². The van der Waals surface area contributed by atoms with Crippen LogP contribution < -0.4 is 5.56 Å². The standard InChI is InChI=1S/C26H20F4N4O2/c1-3-11-33-15-21(20-10-12-32(2)24(35)23(20)33)25(36,26(28,29)30)17-4-9-22-16(13-17)14-31-34(22)19-7-5-18(27)6-8-19/h3-10,12-15,36H,1,11H2,2H3. The molecule has 0 saturated carbocycles. The van der Waals surface area contributed by atoms with Crippen LogP contribution in [-0.2, 0) is 19.2 Å². The van der Waals surface area contributed by atoms with Gasteiger partial charge in [-0.2, -0.15) is 18.3 Å². The van der Waals surface area contributed by atoms with Crippen molar-refractivity contribution >= 4 is 21.8 Å². The van der Waals surface area contributed by atoms with Crippen LogP contribution in [0.5, 0.6) is 0 Å². The lowest BCUT2D eigenvalue weighted by Crippen LogP contribution is -2.43. The lowest BCUT2D eigenvalue weighted by Gasteiger charge is -2.31. The smallest absolute Gasteiger partial charge is 0.372 e. The van der Waals surface area contributed by atoms with Crippen molar-refractivity contribution in [2.24, 2.45) is 7.05 Å². The van der Waals surface area contributed by atoms with Gasteiger partial charge < -0.3 is 14.2 Å². The van der Waals surface area contributed by atoms with Crippen molar-refractivity contribution < 1.29 is 22.7 Å². The Morgan fingerprint density at radius 1 is 1.11 bits per heavy atom. The number of allylic oxidation sites excluding steroid dienone is 1. The molecule has 3 aromatic heterocycles. The number of aromatic nitrogens is 4. The fourth-order valence-corrected chi connectivity index (χ4v) is 4.49. The van der Waals surface area contributed by atoms with Gasteiger partial charge in [-0.25, -0.2) is 9.07 Å². The first-order chi connectivity index (χ1) is 17.1. The third-order valence-corrected chi connectivity index (χ3v) is 6.29. The number of aliphatic hydroxyl groups is 1. The number of benzene rings is 2. The van der Waals surface area contributed by atoms with Gasteiger partial charge in [0.2, 0.25) is 5.60 Å². The molecule has 0 aliphatic rings. The highest BCUT2D eigenvalue weighted by molar-refractivity contribution is 5.86. The summed E-state index contributed by atoms with van der Waals surface area (Å²) in [6.45, 7) is 3.69. The van der Waals surface area contributed by atoms with E-state index in [9.17, 15) is 27.5 Å². The Bertz CT molecular complexity index is 1680.